The molecule has 1 heterocycles. The largest absolute Gasteiger partial charge is 0.302 e. The molecule has 1 aliphatic heterocycles. The molecule has 1 unspecified atom stereocenters. The predicted molar refractivity (Wildman–Crippen MR) is 69.2 cm³/mol. The van der Waals surface area contributed by atoms with Gasteiger partial charge in [-0.2, -0.15) is 0 Å². The first-order valence-electron chi connectivity index (χ1n) is 7.04. The van der Waals surface area contributed by atoms with Gasteiger partial charge in [0.2, 0.25) is 0 Å². The average Bonchev–Trinajstić information content (AvgIpc) is 2.26. The van der Waals surface area contributed by atoms with Gasteiger partial charge in [0.15, 0.2) is 0 Å². The molecule has 1 aliphatic carbocycles. The first-order valence-corrected chi connectivity index (χ1v) is 7.04. The van der Waals surface area contributed by atoms with Gasteiger partial charge in [0.1, 0.15) is 0 Å². The molecule has 0 aromatic rings. The third-order valence-corrected chi connectivity index (χ3v) is 5.18. The summed E-state index contributed by atoms with van der Waals surface area (Å²) in [5.41, 5.74) is 0. The van der Waals surface area contributed by atoms with Gasteiger partial charge in [-0.25, -0.2) is 0 Å². The minimum atomic E-state index is 0.508. The summed E-state index contributed by atoms with van der Waals surface area (Å²) in [6.07, 6.45) is 3.38. The van der Waals surface area contributed by atoms with Crippen molar-refractivity contribution < 1.29 is 0 Å². The van der Waals surface area contributed by atoms with E-state index in [9.17, 15) is 0 Å². The summed E-state index contributed by atoms with van der Waals surface area (Å²) < 4.78 is 0. The molecule has 94 valence electrons. The van der Waals surface area contributed by atoms with Crippen LogP contribution in [0.4, 0.5) is 0 Å². The molecule has 2 heteroatoms. The van der Waals surface area contributed by atoms with Crippen LogP contribution in [0.3, 0.4) is 0 Å². The number of hydrogen-bond acceptors (Lipinski definition) is 2. The van der Waals surface area contributed by atoms with E-state index < -0.39 is 0 Å². The Kier molecular flexibility index (Phi) is 3.91. The van der Waals surface area contributed by atoms with Crippen molar-refractivity contribution in [2.45, 2.75) is 46.7 Å². The lowest BCUT2D eigenvalue weighted by molar-refractivity contribution is 0.0898. The normalized spacial score (nSPS) is 50.2. The zero-order valence-electron chi connectivity index (χ0n) is 11.3. The van der Waals surface area contributed by atoms with Crippen LogP contribution in [0.15, 0.2) is 0 Å². The lowest BCUT2D eigenvalue weighted by atomic mass is 9.66. The second-order valence-electron chi connectivity index (χ2n) is 6.34. The Bertz CT molecular complexity index is 209. The van der Waals surface area contributed by atoms with Crippen molar-refractivity contribution in [3.05, 3.63) is 0 Å². The summed E-state index contributed by atoms with van der Waals surface area (Å²) in [6, 6.07) is 0. The monoisotopic (exact) mass is 224 g/mol. The highest BCUT2D eigenvalue weighted by molar-refractivity contribution is 4.87. The molecule has 1 saturated heterocycles. The molecule has 4 atom stereocenters. The highest BCUT2D eigenvalue weighted by Gasteiger charge is 2.35. The quantitative estimate of drug-likeness (QED) is 0.715. The van der Waals surface area contributed by atoms with Crippen LogP contribution in [-0.4, -0.2) is 19.3 Å². The van der Waals surface area contributed by atoms with Crippen LogP contribution < -0.4 is 10.6 Å². The highest BCUT2D eigenvalue weighted by atomic mass is 15.1. The van der Waals surface area contributed by atoms with Gasteiger partial charge in [-0.1, -0.05) is 20.8 Å². The van der Waals surface area contributed by atoms with E-state index >= 15 is 0 Å². The molecule has 2 fully saturated rings. The van der Waals surface area contributed by atoms with Crippen LogP contribution in [-0.2, 0) is 0 Å². The fourth-order valence-corrected chi connectivity index (χ4v) is 3.56. The summed E-state index contributed by atoms with van der Waals surface area (Å²) in [4.78, 5) is 0. The standard InChI is InChI=1S/C14H28N2/c1-9-5-13(6-10(2)11(9)3)14-7-15-12(4)16-8-14/h9-16H,5-8H2,1-4H3/t9-,10?,11-,12?,13+,14?/m1/s1. The maximum Gasteiger partial charge on any atom is 0.0542 e. The summed E-state index contributed by atoms with van der Waals surface area (Å²) in [7, 11) is 0. The summed E-state index contributed by atoms with van der Waals surface area (Å²) >= 11 is 0. The van der Waals surface area contributed by atoms with Gasteiger partial charge in [-0.3, -0.25) is 0 Å². The van der Waals surface area contributed by atoms with E-state index in [0.29, 0.717) is 6.17 Å². The Morgan fingerprint density at radius 2 is 1.25 bits per heavy atom. The first-order chi connectivity index (χ1) is 7.58. The minimum absolute atomic E-state index is 0.508. The average molecular weight is 224 g/mol. The van der Waals surface area contributed by atoms with Crippen LogP contribution in [0.25, 0.3) is 0 Å². The molecular weight excluding hydrogens is 196 g/mol. The third-order valence-electron chi connectivity index (χ3n) is 5.18. The van der Waals surface area contributed by atoms with Gasteiger partial charge in [0.25, 0.3) is 0 Å². The van der Waals surface area contributed by atoms with Gasteiger partial charge >= 0.3 is 0 Å². The van der Waals surface area contributed by atoms with Crippen LogP contribution in [0.1, 0.15) is 40.5 Å². The third kappa shape index (κ3) is 2.60. The van der Waals surface area contributed by atoms with E-state index in [-0.39, 0.29) is 0 Å². The van der Waals surface area contributed by atoms with Crippen molar-refractivity contribution in [2.24, 2.45) is 29.6 Å². The van der Waals surface area contributed by atoms with Gasteiger partial charge in [0, 0.05) is 13.1 Å². The SMILES string of the molecule is CC1NCC([C@@H]2CC(C)[C@H](C)[C@H](C)C2)CN1. The smallest absolute Gasteiger partial charge is 0.0542 e. The molecule has 2 nitrogen and oxygen atoms in total. The molecule has 2 aliphatic rings. The van der Waals surface area contributed by atoms with E-state index in [1.807, 2.05) is 0 Å². The number of rotatable bonds is 1. The van der Waals surface area contributed by atoms with E-state index in [1.165, 1.54) is 25.9 Å². The highest BCUT2D eigenvalue weighted by Crippen LogP contribution is 2.40. The van der Waals surface area contributed by atoms with Crippen LogP contribution in [0.2, 0.25) is 0 Å². The lowest BCUT2D eigenvalue weighted by Gasteiger charge is -2.43. The fraction of sp³-hybridized carbons (Fsp3) is 1.00. The molecule has 0 bridgehead atoms. The zero-order valence-corrected chi connectivity index (χ0v) is 11.3. The Labute approximate surface area is 101 Å². The topological polar surface area (TPSA) is 24.1 Å². The van der Waals surface area contributed by atoms with Gasteiger partial charge in [-0.05, 0) is 49.4 Å². The van der Waals surface area contributed by atoms with E-state index in [4.69, 9.17) is 0 Å². The van der Waals surface area contributed by atoms with Gasteiger partial charge < -0.3 is 10.6 Å². The fourth-order valence-electron chi connectivity index (χ4n) is 3.56. The molecule has 16 heavy (non-hydrogen) atoms. The molecule has 0 amide bonds. The van der Waals surface area contributed by atoms with Gasteiger partial charge in [0.05, 0.1) is 6.17 Å². The second-order valence-corrected chi connectivity index (χ2v) is 6.34. The van der Waals surface area contributed by atoms with Gasteiger partial charge in [-0.15, -0.1) is 0 Å². The van der Waals surface area contributed by atoms with Crippen molar-refractivity contribution in [1.29, 1.82) is 0 Å². The molecule has 0 spiro atoms. The Morgan fingerprint density at radius 3 is 1.75 bits per heavy atom. The maximum absolute atomic E-state index is 3.56. The van der Waals surface area contributed by atoms with Crippen LogP contribution in [0, 0.1) is 29.6 Å². The first kappa shape index (κ1) is 12.4. The maximum atomic E-state index is 3.56. The summed E-state index contributed by atoms with van der Waals surface area (Å²) in [5.74, 6) is 4.53. The van der Waals surface area contributed by atoms with Crippen molar-refractivity contribution in [3.63, 3.8) is 0 Å². The van der Waals surface area contributed by atoms with E-state index in [0.717, 1.165) is 29.6 Å². The molecule has 0 aromatic carbocycles. The van der Waals surface area contributed by atoms with Crippen molar-refractivity contribution in [2.75, 3.05) is 13.1 Å². The predicted octanol–water partition coefficient (Wildman–Crippen LogP) is 2.46. The van der Waals surface area contributed by atoms with E-state index in [1.54, 1.807) is 0 Å². The summed E-state index contributed by atoms with van der Waals surface area (Å²) in [5, 5.41) is 7.12. The minimum Gasteiger partial charge on any atom is -0.302 e. The zero-order chi connectivity index (χ0) is 11.7. The number of hydrogen-bond donors (Lipinski definition) is 2. The van der Waals surface area contributed by atoms with Crippen molar-refractivity contribution in [1.82, 2.24) is 10.6 Å². The molecule has 0 aromatic heterocycles. The van der Waals surface area contributed by atoms with Crippen molar-refractivity contribution in [3.8, 4) is 0 Å². The van der Waals surface area contributed by atoms with Crippen LogP contribution in [0.5, 0.6) is 0 Å². The Hall–Kier alpha value is -0.0800. The Balaban J connectivity index is 1.90. The summed E-state index contributed by atoms with van der Waals surface area (Å²) in [6.45, 7) is 12.0. The lowest BCUT2D eigenvalue weighted by Crippen LogP contribution is -2.53. The van der Waals surface area contributed by atoms with Crippen LogP contribution >= 0.6 is 0 Å². The van der Waals surface area contributed by atoms with Crippen molar-refractivity contribution >= 4 is 0 Å². The molecule has 2 rings (SSSR count). The Morgan fingerprint density at radius 1 is 0.750 bits per heavy atom. The molecular formula is C14H28N2. The molecule has 1 saturated carbocycles. The number of nitrogens with one attached hydrogen (secondary N) is 2. The second kappa shape index (κ2) is 5.05. The molecule has 0 radical (unpaired) electrons. The molecule has 2 N–H and O–H groups in total. The van der Waals surface area contributed by atoms with E-state index in [2.05, 4.69) is 38.3 Å².